The van der Waals surface area contributed by atoms with Gasteiger partial charge in [0.2, 0.25) is 0 Å². The van der Waals surface area contributed by atoms with Gasteiger partial charge in [-0.25, -0.2) is 4.99 Å². The van der Waals surface area contributed by atoms with Crippen LogP contribution in [-0.2, 0) is 18.8 Å². The molecule has 7 heteroatoms. The van der Waals surface area contributed by atoms with Crippen LogP contribution in [0, 0.1) is 0 Å². The van der Waals surface area contributed by atoms with Crippen molar-refractivity contribution in [3.8, 4) is 5.75 Å². The van der Waals surface area contributed by atoms with Crippen LogP contribution in [0.4, 0.5) is 0 Å². The summed E-state index contributed by atoms with van der Waals surface area (Å²) in [5, 5.41) is 17.0. The van der Waals surface area contributed by atoms with Crippen molar-refractivity contribution in [3.05, 3.63) is 89.9 Å². The molecule has 1 aromatic heterocycles. The Morgan fingerprint density at radius 2 is 1.71 bits per heavy atom. The lowest BCUT2D eigenvalue weighted by atomic mass is 10.0. The van der Waals surface area contributed by atoms with Crippen LogP contribution in [0.3, 0.4) is 0 Å². The fraction of sp³-hybridized carbons (Fsp3) is 0.292. The molecule has 1 unspecified atom stereocenters. The van der Waals surface area contributed by atoms with Gasteiger partial charge >= 0.3 is 0 Å². The third kappa shape index (κ3) is 7.91. The van der Waals surface area contributed by atoms with Gasteiger partial charge in [-0.3, -0.25) is 0 Å². The molecule has 0 amide bonds. The number of furan rings is 1. The van der Waals surface area contributed by atoms with Gasteiger partial charge in [0.15, 0.2) is 5.96 Å². The maximum Gasteiger partial charge on any atom is 0.191 e. The normalized spacial score (nSPS) is 13.1. The van der Waals surface area contributed by atoms with Crippen LogP contribution in [0.2, 0.25) is 0 Å². The average Bonchev–Trinajstić information content (AvgIpc) is 3.32. The summed E-state index contributed by atoms with van der Waals surface area (Å²) in [7, 11) is 0. The summed E-state index contributed by atoms with van der Waals surface area (Å²) in [6.45, 7) is 5.77. The molecule has 0 aliphatic carbocycles. The number of rotatable bonds is 9. The van der Waals surface area contributed by atoms with E-state index in [2.05, 4.69) is 39.9 Å². The number of hydrogen-bond acceptors (Lipinski definition) is 4. The number of nitrogens with zero attached hydrogens (tertiary/aromatic N) is 1. The molecule has 0 bridgehead atoms. The first kappa shape index (κ1) is 24.7. The third-order valence-electron chi connectivity index (χ3n) is 4.59. The Labute approximate surface area is 200 Å². The quantitative estimate of drug-likeness (QED) is 0.215. The van der Waals surface area contributed by atoms with Crippen LogP contribution in [0.5, 0.6) is 5.75 Å². The van der Waals surface area contributed by atoms with Gasteiger partial charge in [0.05, 0.1) is 19.4 Å². The van der Waals surface area contributed by atoms with Crippen LogP contribution in [0.1, 0.15) is 30.7 Å². The van der Waals surface area contributed by atoms with Crippen molar-refractivity contribution in [3.63, 3.8) is 0 Å². The van der Waals surface area contributed by atoms with Gasteiger partial charge in [0.1, 0.15) is 23.7 Å². The van der Waals surface area contributed by atoms with Crippen LogP contribution < -0.4 is 15.4 Å². The molecule has 0 radical (unpaired) electrons. The second-order valence-electron chi connectivity index (χ2n) is 7.22. The minimum atomic E-state index is -1.12. The van der Waals surface area contributed by atoms with E-state index in [-0.39, 0.29) is 30.5 Å². The van der Waals surface area contributed by atoms with Crippen LogP contribution in [0.25, 0.3) is 0 Å². The van der Waals surface area contributed by atoms with E-state index in [0.717, 1.165) is 23.4 Å². The summed E-state index contributed by atoms with van der Waals surface area (Å²) in [5.41, 5.74) is 1.07. The highest BCUT2D eigenvalue weighted by molar-refractivity contribution is 14.0. The van der Waals surface area contributed by atoms with Gasteiger partial charge in [-0.1, -0.05) is 42.5 Å². The van der Waals surface area contributed by atoms with Gasteiger partial charge in [-0.05, 0) is 49.2 Å². The van der Waals surface area contributed by atoms with Crippen molar-refractivity contribution in [2.45, 2.75) is 32.6 Å². The molecule has 1 atom stereocenters. The Kier molecular flexibility index (Phi) is 9.87. The molecule has 0 spiro atoms. The average molecular weight is 535 g/mol. The molecule has 6 nitrogen and oxygen atoms in total. The fourth-order valence-electron chi connectivity index (χ4n) is 2.86. The Balaban J connectivity index is 0.00000341. The lowest BCUT2D eigenvalue weighted by Gasteiger charge is -2.22. The molecule has 0 saturated carbocycles. The molecular formula is C24H30IN3O3. The van der Waals surface area contributed by atoms with Crippen molar-refractivity contribution < 1.29 is 14.3 Å². The number of guanidine groups is 1. The number of para-hydroxylation sites is 1. The van der Waals surface area contributed by atoms with Crippen molar-refractivity contribution in [1.29, 1.82) is 0 Å². The largest absolute Gasteiger partial charge is 0.489 e. The molecule has 31 heavy (non-hydrogen) atoms. The standard InChI is InChI=1S/C24H29N3O3.HI/c1-3-25-23(27-18-24(2,28)22-10-7-15-29-22)26-16-19-11-13-20(14-12-19)17-30-21-8-5-4-6-9-21;/h4-15,28H,3,16-18H2,1-2H3,(H2,25,26,27);1H. The summed E-state index contributed by atoms with van der Waals surface area (Å²) in [6, 6.07) is 21.5. The van der Waals surface area contributed by atoms with E-state index in [1.807, 2.05) is 37.3 Å². The van der Waals surface area contributed by atoms with E-state index in [1.54, 1.807) is 25.3 Å². The first-order chi connectivity index (χ1) is 14.6. The number of aliphatic imine (C=N–C) groups is 1. The van der Waals surface area contributed by atoms with E-state index < -0.39 is 5.60 Å². The zero-order chi connectivity index (χ0) is 21.2. The SMILES string of the molecule is CCNC(=NCc1ccc(COc2ccccc2)cc1)NCC(C)(O)c1ccco1.I. The highest BCUT2D eigenvalue weighted by atomic mass is 127. The molecule has 3 N–H and O–H groups in total. The highest BCUT2D eigenvalue weighted by Crippen LogP contribution is 2.19. The Morgan fingerprint density at radius 1 is 1.00 bits per heavy atom. The lowest BCUT2D eigenvalue weighted by molar-refractivity contribution is 0.0386. The number of hydrogen-bond donors (Lipinski definition) is 3. The molecule has 3 aromatic rings. The van der Waals surface area contributed by atoms with Gasteiger partial charge < -0.3 is 24.9 Å². The zero-order valence-corrected chi connectivity index (χ0v) is 20.2. The van der Waals surface area contributed by atoms with Crippen molar-refractivity contribution in [2.24, 2.45) is 4.99 Å². The lowest BCUT2D eigenvalue weighted by Crippen LogP contribution is -2.44. The smallest absolute Gasteiger partial charge is 0.191 e. The van der Waals surface area contributed by atoms with Gasteiger partial charge in [0, 0.05) is 6.54 Å². The van der Waals surface area contributed by atoms with Crippen LogP contribution >= 0.6 is 24.0 Å². The number of aliphatic hydroxyl groups is 1. The molecule has 0 saturated heterocycles. The monoisotopic (exact) mass is 535 g/mol. The molecule has 0 aliphatic rings. The topological polar surface area (TPSA) is 79.0 Å². The summed E-state index contributed by atoms with van der Waals surface area (Å²) in [5.74, 6) is 2.01. The maximum atomic E-state index is 10.6. The fourth-order valence-corrected chi connectivity index (χ4v) is 2.86. The first-order valence-corrected chi connectivity index (χ1v) is 10.1. The first-order valence-electron chi connectivity index (χ1n) is 10.1. The molecule has 0 fully saturated rings. The third-order valence-corrected chi connectivity index (χ3v) is 4.59. The van der Waals surface area contributed by atoms with Crippen molar-refractivity contribution in [1.82, 2.24) is 10.6 Å². The summed E-state index contributed by atoms with van der Waals surface area (Å²) < 4.78 is 11.1. The van der Waals surface area contributed by atoms with E-state index >= 15 is 0 Å². The van der Waals surface area contributed by atoms with E-state index in [0.29, 0.717) is 24.9 Å². The number of halogens is 1. The number of nitrogens with one attached hydrogen (secondary N) is 2. The number of ether oxygens (including phenoxy) is 1. The second-order valence-corrected chi connectivity index (χ2v) is 7.22. The Hall–Kier alpha value is -2.52. The van der Waals surface area contributed by atoms with Crippen LogP contribution in [-0.4, -0.2) is 24.2 Å². The summed E-state index contributed by atoms with van der Waals surface area (Å²) >= 11 is 0. The maximum absolute atomic E-state index is 10.6. The number of benzene rings is 2. The zero-order valence-electron chi connectivity index (χ0n) is 17.9. The van der Waals surface area contributed by atoms with E-state index in [1.165, 1.54) is 0 Å². The van der Waals surface area contributed by atoms with Crippen LogP contribution in [0.15, 0.2) is 82.4 Å². The van der Waals surface area contributed by atoms with E-state index in [9.17, 15) is 5.11 Å². The van der Waals surface area contributed by atoms with Gasteiger partial charge in [-0.15, -0.1) is 24.0 Å². The Bertz CT molecular complexity index is 911. The predicted octanol–water partition coefficient (Wildman–Crippen LogP) is 4.44. The van der Waals surface area contributed by atoms with Crippen molar-refractivity contribution >= 4 is 29.9 Å². The molecule has 166 valence electrons. The Morgan fingerprint density at radius 3 is 2.35 bits per heavy atom. The minimum absolute atomic E-state index is 0. The molecular weight excluding hydrogens is 505 g/mol. The summed E-state index contributed by atoms with van der Waals surface area (Å²) in [4.78, 5) is 4.61. The second kappa shape index (κ2) is 12.4. The molecule has 1 heterocycles. The molecule has 0 aliphatic heterocycles. The molecule has 2 aromatic carbocycles. The minimum Gasteiger partial charge on any atom is -0.489 e. The highest BCUT2D eigenvalue weighted by Gasteiger charge is 2.26. The predicted molar refractivity (Wildman–Crippen MR) is 134 cm³/mol. The van der Waals surface area contributed by atoms with E-state index in [4.69, 9.17) is 9.15 Å². The summed E-state index contributed by atoms with van der Waals surface area (Å²) in [6.07, 6.45) is 1.55. The molecule has 3 rings (SSSR count). The van der Waals surface area contributed by atoms with Gasteiger partial charge in [-0.2, -0.15) is 0 Å². The van der Waals surface area contributed by atoms with Gasteiger partial charge in [0.25, 0.3) is 0 Å². The van der Waals surface area contributed by atoms with Crippen molar-refractivity contribution in [2.75, 3.05) is 13.1 Å².